The van der Waals surface area contributed by atoms with Gasteiger partial charge in [0.15, 0.2) is 0 Å². The Labute approximate surface area is 130 Å². The van der Waals surface area contributed by atoms with Gasteiger partial charge < -0.3 is 10.4 Å². The summed E-state index contributed by atoms with van der Waals surface area (Å²) in [5, 5.41) is 12.2. The predicted octanol–water partition coefficient (Wildman–Crippen LogP) is 2.94. The Bertz CT molecular complexity index is 531. The van der Waals surface area contributed by atoms with Crippen LogP contribution < -0.4 is 5.32 Å². The number of benzene rings is 1. The smallest absolute Gasteiger partial charge is 0.306 e. The highest BCUT2D eigenvalue weighted by Gasteiger charge is 2.38. The summed E-state index contributed by atoms with van der Waals surface area (Å²) in [5.74, 6) is -0.393. The number of rotatable bonds is 5. The lowest BCUT2D eigenvalue weighted by Crippen LogP contribution is -2.41. The van der Waals surface area contributed by atoms with E-state index in [0.717, 1.165) is 31.2 Å². The summed E-state index contributed by atoms with van der Waals surface area (Å²) < 4.78 is 0. The maximum absolute atomic E-state index is 12.7. The summed E-state index contributed by atoms with van der Waals surface area (Å²) in [6.07, 6.45) is 5.13. The highest BCUT2D eigenvalue weighted by atomic mass is 16.4. The molecule has 1 amide bonds. The quantitative estimate of drug-likeness (QED) is 0.878. The number of hydrogen-bond donors (Lipinski definition) is 2. The van der Waals surface area contributed by atoms with Crippen LogP contribution in [0.5, 0.6) is 0 Å². The molecule has 1 aromatic carbocycles. The maximum atomic E-state index is 12.7. The monoisotopic (exact) mass is 301 g/mol. The summed E-state index contributed by atoms with van der Waals surface area (Å²) in [4.78, 5) is 23.7. The molecule has 2 saturated carbocycles. The lowest BCUT2D eigenvalue weighted by Gasteiger charge is -2.28. The van der Waals surface area contributed by atoms with Gasteiger partial charge >= 0.3 is 5.97 Å². The number of amides is 1. The van der Waals surface area contributed by atoms with Crippen LogP contribution in [0, 0.1) is 11.8 Å². The SMILES string of the molecule is O=C(O)C1CCC(NC(=O)C(c2ccccc2)C2CC2)CC1. The van der Waals surface area contributed by atoms with Crippen LogP contribution in [0.4, 0.5) is 0 Å². The van der Waals surface area contributed by atoms with Gasteiger partial charge in [-0.2, -0.15) is 0 Å². The van der Waals surface area contributed by atoms with E-state index in [1.165, 1.54) is 0 Å². The summed E-state index contributed by atoms with van der Waals surface area (Å²) >= 11 is 0. The largest absolute Gasteiger partial charge is 0.481 e. The molecule has 3 rings (SSSR count). The number of carbonyl (C=O) groups is 2. The molecule has 2 N–H and O–H groups in total. The first-order valence-corrected chi connectivity index (χ1v) is 8.23. The van der Waals surface area contributed by atoms with E-state index >= 15 is 0 Å². The fourth-order valence-corrected chi connectivity index (χ4v) is 3.50. The van der Waals surface area contributed by atoms with Crippen LogP contribution in [0.3, 0.4) is 0 Å². The van der Waals surface area contributed by atoms with Crippen molar-refractivity contribution in [3.05, 3.63) is 35.9 Å². The third-order valence-electron chi connectivity index (χ3n) is 4.96. The second-order valence-electron chi connectivity index (χ2n) is 6.62. The molecular formula is C18H23NO3. The topological polar surface area (TPSA) is 66.4 Å². The van der Waals surface area contributed by atoms with Gasteiger partial charge in [0.25, 0.3) is 0 Å². The van der Waals surface area contributed by atoms with Crippen molar-refractivity contribution in [3.8, 4) is 0 Å². The predicted molar refractivity (Wildman–Crippen MR) is 83.4 cm³/mol. The Morgan fingerprint density at radius 2 is 1.64 bits per heavy atom. The Hall–Kier alpha value is -1.84. The summed E-state index contributed by atoms with van der Waals surface area (Å²) in [7, 11) is 0. The van der Waals surface area contributed by atoms with Crippen molar-refractivity contribution in [1.29, 1.82) is 0 Å². The molecule has 0 radical (unpaired) electrons. The first-order chi connectivity index (χ1) is 10.6. The van der Waals surface area contributed by atoms with Gasteiger partial charge in [-0.1, -0.05) is 30.3 Å². The van der Waals surface area contributed by atoms with E-state index in [-0.39, 0.29) is 23.8 Å². The molecule has 1 unspecified atom stereocenters. The van der Waals surface area contributed by atoms with Crippen molar-refractivity contribution in [3.63, 3.8) is 0 Å². The average Bonchev–Trinajstić information content (AvgIpc) is 3.34. The molecular weight excluding hydrogens is 278 g/mol. The van der Waals surface area contributed by atoms with E-state index in [1.807, 2.05) is 30.3 Å². The Morgan fingerprint density at radius 3 is 2.18 bits per heavy atom. The van der Waals surface area contributed by atoms with E-state index < -0.39 is 5.97 Å². The van der Waals surface area contributed by atoms with Gasteiger partial charge in [-0.15, -0.1) is 0 Å². The zero-order chi connectivity index (χ0) is 15.5. The van der Waals surface area contributed by atoms with E-state index in [1.54, 1.807) is 0 Å². The fraction of sp³-hybridized carbons (Fsp3) is 0.556. The number of hydrogen-bond acceptors (Lipinski definition) is 2. The Kier molecular flexibility index (Phi) is 4.46. The zero-order valence-electron chi connectivity index (χ0n) is 12.7. The van der Waals surface area contributed by atoms with Crippen molar-refractivity contribution in [2.45, 2.75) is 50.5 Å². The first kappa shape index (κ1) is 15.1. The van der Waals surface area contributed by atoms with E-state index in [0.29, 0.717) is 18.8 Å². The van der Waals surface area contributed by atoms with Gasteiger partial charge in [0.05, 0.1) is 11.8 Å². The van der Waals surface area contributed by atoms with Gasteiger partial charge in [-0.05, 0) is 50.0 Å². The third kappa shape index (κ3) is 3.49. The lowest BCUT2D eigenvalue weighted by atomic mass is 9.85. The van der Waals surface area contributed by atoms with Crippen LogP contribution in [0.25, 0.3) is 0 Å². The van der Waals surface area contributed by atoms with Gasteiger partial charge in [0.2, 0.25) is 5.91 Å². The summed E-state index contributed by atoms with van der Waals surface area (Å²) in [6.45, 7) is 0. The molecule has 0 aliphatic heterocycles. The highest BCUT2D eigenvalue weighted by molar-refractivity contribution is 5.84. The number of aliphatic carboxylic acids is 1. The molecule has 1 atom stereocenters. The zero-order valence-corrected chi connectivity index (χ0v) is 12.7. The second-order valence-corrected chi connectivity index (χ2v) is 6.62. The molecule has 1 aromatic rings. The lowest BCUT2D eigenvalue weighted by molar-refractivity contribution is -0.142. The molecule has 0 aromatic heterocycles. The number of carbonyl (C=O) groups excluding carboxylic acids is 1. The number of carboxylic acid groups (broad SMARTS) is 1. The molecule has 2 fully saturated rings. The van der Waals surface area contributed by atoms with Crippen LogP contribution in [0.2, 0.25) is 0 Å². The standard InChI is InChI=1S/C18H23NO3/c20-17(19-15-10-8-14(9-11-15)18(21)22)16(13-6-7-13)12-4-2-1-3-5-12/h1-5,13-16H,6-11H2,(H,19,20)(H,21,22). The van der Waals surface area contributed by atoms with Crippen LogP contribution in [-0.4, -0.2) is 23.0 Å². The van der Waals surface area contributed by atoms with Crippen LogP contribution in [0.1, 0.15) is 50.0 Å². The molecule has 0 saturated heterocycles. The number of nitrogens with one attached hydrogen (secondary N) is 1. The molecule has 2 aliphatic rings. The van der Waals surface area contributed by atoms with Crippen LogP contribution >= 0.6 is 0 Å². The molecule has 118 valence electrons. The van der Waals surface area contributed by atoms with Crippen LogP contribution in [0.15, 0.2) is 30.3 Å². The highest BCUT2D eigenvalue weighted by Crippen LogP contribution is 2.43. The molecule has 4 nitrogen and oxygen atoms in total. The first-order valence-electron chi connectivity index (χ1n) is 8.23. The van der Waals surface area contributed by atoms with Crippen LogP contribution in [-0.2, 0) is 9.59 Å². The van der Waals surface area contributed by atoms with Crippen molar-refractivity contribution < 1.29 is 14.7 Å². The van der Waals surface area contributed by atoms with Crippen molar-refractivity contribution in [2.24, 2.45) is 11.8 Å². The second kappa shape index (κ2) is 6.51. The summed E-state index contributed by atoms with van der Waals surface area (Å²) in [6, 6.07) is 10.1. The van der Waals surface area contributed by atoms with E-state index in [9.17, 15) is 9.59 Å². The van der Waals surface area contributed by atoms with Gasteiger partial charge in [0, 0.05) is 6.04 Å². The summed E-state index contributed by atoms with van der Waals surface area (Å²) in [5.41, 5.74) is 1.10. The molecule has 4 heteroatoms. The molecule has 22 heavy (non-hydrogen) atoms. The van der Waals surface area contributed by atoms with E-state index in [2.05, 4.69) is 5.32 Å². The fourth-order valence-electron chi connectivity index (χ4n) is 3.50. The Balaban J connectivity index is 1.60. The van der Waals surface area contributed by atoms with Gasteiger partial charge in [-0.25, -0.2) is 0 Å². The average molecular weight is 301 g/mol. The van der Waals surface area contributed by atoms with Crippen molar-refractivity contribution in [2.75, 3.05) is 0 Å². The normalized spacial score (nSPS) is 26.2. The molecule has 0 heterocycles. The Morgan fingerprint density at radius 1 is 1.00 bits per heavy atom. The molecule has 2 aliphatic carbocycles. The van der Waals surface area contributed by atoms with Crippen molar-refractivity contribution >= 4 is 11.9 Å². The third-order valence-corrected chi connectivity index (χ3v) is 4.96. The minimum absolute atomic E-state index is 0.0432. The molecule has 0 spiro atoms. The minimum Gasteiger partial charge on any atom is -0.481 e. The molecule has 0 bridgehead atoms. The van der Waals surface area contributed by atoms with Crippen molar-refractivity contribution in [1.82, 2.24) is 5.32 Å². The van der Waals surface area contributed by atoms with Gasteiger partial charge in [0.1, 0.15) is 0 Å². The van der Waals surface area contributed by atoms with E-state index in [4.69, 9.17) is 5.11 Å². The maximum Gasteiger partial charge on any atom is 0.306 e. The number of carboxylic acids is 1. The minimum atomic E-state index is -0.704. The van der Waals surface area contributed by atoms with Gasteiger partial charge in [-0.3, -0.25) is 9.59 Å².